The Bertz CT molecular complexity index is 1380. The van der Waals surface area contributed by atoms with E-state index < -0.39 is 16.0 Å². The minimum Gasteiger partial charge on any atom is -0.453 e. The quantitative estimate of drug-likeness (QED) is 0.477. The van der Waals surface area contributed by atoms with Gasteiger partial charge in [0.2, 0.25) is 15.9 Å². The van der Waals surface area contributed by atoms with Gasteiger partial charge in [-0.15, -0.1) is 0 Å². The number of para-hydroxylation sites is 1. The van der Waals surface area contributed by atoms with E-state index in [2.05, 4.69) is 10.1 Å². The summed E-state index contributed by atoms with van der Waals surface area (Å²) in [6.45, 7) is 2.36. The number of aromatic nitrogens is 2. The van der Waals surface area contributed by atoms with Crippen molar-refractivity contribution >= 4 is 44.3 Å². The Morgan fingerprint density at radius 3 is 2.53 bits per heavy atom. The van der Waals surface area contributed by atoms with Crippen LogP contribution in [0.3, 0.4) is 0 Å². The molecule has 0 N–H and O–H groups in total. The zero-order valence-electron chi connectivity index (χ0n) is 19.1. The average Bonchev–Trinajstić information content (AvgIpc) is 3.20. The highest BCUT2D eigenvalue weighted by Crippen LogP contribution is 2.23. The highest BCUT2D eigenvalue weighted by Gasteiger charge is 2.27. The molecule has 0 radical (unpaired) electrons. The lowest BCUT2D eigenvalue weighted by molar-refractivity contribution is -0.137. The predicted molar refractivity (Wildman–Crippen MR) is 127 cm³/mol. The molecule has 2 aromatic carbocycles. The summed E-state index contributed by atoms with van der Waals surface area (Å²) in [5.74, 6) is -0.337. The number of carbonyl (C=O) groups is 2. The van der Waals surface area contributed by atoms with Crippen LogP contribution in [0.5, 0.6) is 0 Å². The third kappa shape index (κ3) is 4.44. The van der Waals surface area contributed by atoms with Crippen LogP contribution in [0.2, 0.25) is 0 Å². The largest absolute Gasteiger partial charge is 0.453 e. The van der Waals surface area contributed by atoms with Crippen LogP contribution in [0.25, 0.3) is 11.0 Å². The molecule has 4 rings (SSSR count). The van der Waals surface area contributed by atoms with Crippen LogP contribution in [0.15, 0.2) is 58.5 Å². The zero-order chi connectivity index (χ0) is 24.5. The fourth-order valence-corrected chi connectivity index (χ4v) is 4.60. The highest BCUT2D eigenvalue weighted by molar-refractivity contribution is 7.89. The van der Waals surface area contributed by atoms with E-state index in [0.717, 1.165) is 9.82 Å². The van der Waals surface area contributed by atoms with Crippen LogP contribution in [-0.4, -0.2) is 54.0 Å². The number of fused-ring (bicyclic) bond motifs is 1. The third-order valence-electron chi connectivity index (χ3n) is 5.49. The smallest absolute Gasteiger partial charge is 0.354 e. The van der Waals surface area contributed by atoms with Gasteiger partial charge in [-0.05, 0) is 37.3 Å². The fourth-order valence-electron chi connectivity index (χ4n) is 3.68. The summed E-state index contributed by atoms with van der Waals surface area (Å²) in [5, 5.41) is 5.43. The standard InChI is InChI=1S/C23H25N5O5S/c1-4-27-20-12-10-17(34(31,32)26(2)3)14-19(20)24-21(27)15-33-23(30)18-11-13-22(29)28(25-18)16-8-6-5-7-9-16/h5-10,12,14H,4,11,13,15H2,1-3H3. The molecule has 34 heavy (non-hydrogen) atoms. The van der Waals surface area contributed by atoms with Crippen LogP contribution >= 0.6 is 0 Å². The van der Waals surface area contributed by atoms with Crippen LogP contribution in [0.4, 0.5) is 5.69 Å². The second-order valence-electron chi connectivity index (χ2n) is 7.87. The molecule has 11 heteroatoms. The highest BCUT2D eigenvalue weighted by atomic mass is 32.2. The van der Waals surface area contributed by atoms with Gasteiger partial charge in [0.1, 0.15) is 18.1 Å². The second kappa shape index (κ2) is 9.35. The molecule has 0 aliphatic carbocycles. The molecule has 0 bridgehead atoms. The molecule has 1 aliphatic heterocycles. The van der Waals surface area contributed by atoms with E-state index in [9.17, 15) is 18.0 Å². The number of amides is 1. The first-order valence-electron chi connectivity index (χ1n) is 10.8. The molecule has 0 fully saturated rings. The molecule has 0 spiro atoms. The van der Waals surface area contributed by atoms with Gasteiger partial charge in [0.15, 0.2) is 0 Å². The molecule has 0 atom stereocenters. The summed E-state index contributed by atoms with van der Waals surface area (Å²) in [5.41, 5.74) is 1.96. The Labute approximate surface area is 197 Å². The minimum atomic E-state index is -3.60. The monoisotopic (exact) mass is 483 g/mol. The van der Waals surface area contributed by atoms with Gasteiger partial charge in [-0.1, -0.05) is 18.2 Å². The molecule has 1 aromatic heterocycles. The Hall–Kier alpha value is -3.57. The number of imidazole rings is 1. The van der Waals surface area contributed by atoms with Crippen molar-refractivity contribution in [1.29, 1.82) is 0 Å². The molecule has 1 aliphatic rings. The SMILES string of the molecule is CCn1c(COC(=O)C2=NN(c3ccccc3)C(=O)CC2)nc2cc(S(=O)(=O)N(C)C)ccc21. The van der Waals surface area contributed by atoms with E-state index in [4.69, 9.17) is 4.74 Å². The summed E-state index contributed by atoms with van der Waals surface area (Å²) in [7, 11) is -0.665. The van der Waals surface area contributed by atoms with E-state index in [0.29, 0.717) is 23.6 Å². The predicted octanol–water partition coefficient (Wildman–Crippen LogP) is 2.53. The molecular weight excluding hydrogens is 458 g/mol. The number of rotatable bonds is 7. The van der Waals surface area contributed by atoms with Crippen molar-refractivity contribution in [2.45, 2.75) is 37.8 Å². The van der Waals surface area contributed by atoms with Gasteiger partial charge in [-0.2, -0.15) is 5.10 Å². The van der Waals surface area contributed by atoms with Crippen molar-refractivity contribution in [1.82, 2.24) is 13.9 Å². The topological polar surface area (TPSA) is 114 Å². The average molecular weight is 484 g/mol. The van der Waals surface area contributed by atoms with Crippen molar-refractivity contribution < 1.29 is 22.7 Å². The van der Waals surface area contributed by atoms with E-state index >= 15 is 0 Å². The van der Waals surface area contributed by atoms with E-state index in [1.54, 1.807) is 30.3 Å². The Kier molecular flexibility index (Phi) is 6.49. The number of benzene rings is 2. The number of hydrogen-bond acceptors (Lipinski definition) is 7. The molecule has 1 amide bonds. The summed E-state index contributed by atoms with van der Waals surface area (Å²) in [4.78, 5) is 29.6. The first-order chi connectivity index (χ1) is 16.2. The van der Waals surface area contributed by atoms with Crippen molar-refractivity contribution in [3.63, 3.8) is 0 Å². The first kappa shape index (κ1) is 23.6. The fraction of sp³-hybridized carbons (Fsp3) is 0.304. The van der Waals surface area contributed by atoms with Gasteiger partial charge in [0.25, 0.3) is 0 Å². The van der Waals surface area contributed by atoms with Crippen LogP contribution in [0, 0.1) is 0 Å². The van der Waals surface area contributed by atoms with E-state index in [1.165, 1.54) is 31.2 Å². The molecule has 10 nitrogen and oxygen atoms in total. The van der Waals surface area contributed by atoms with Gasteiger partial charge in [0, 0.05) is 33.5 Å². The van der Waals surface area contributed by atoms with Crippen LogP contribution < -0.4 is 5.01 Å². The maximum Gasteiger partial charge on any atom is 0.354 e. The molecule has 0 saturated carbocycles. The third-order valence-corrected chi connectivity index (χ3v) is 7.31. The van der Waals surface area contributed by atoms with Crippen molar-refractivity contribution in [3.8, 4) is 0 Å². The number of esters is 1. The normalized spacial score (nSPS) is 14.5. The number of hydrogen-bond donors (Lipinski definition) is 0. The molecule has 178 valence electrons. The number of anilines is 1. The summed E-state index contributed by atoms with van der Waals surface area (Å²) in [6, 6.07) is 13.6. The number of hydrazone groups is 1. The Balaban J connectivity index is 1.56. The lowest BCUT2D eigenvalue weighted by Gasteiger charge is -2.22. The number of ether oxygens (including phenoxy) is 1. The summed E-state index contributed by atoms with van der Waals surface area (Å²) in [6.07, 6.45) is 0.344. The second-order valence-corrected chi connectivity index (χ2v) is 10.0. The lowest BCUT2D eigenvalue weighted by Crippen LogP contribution is -2.35. The van der Waals surface area contributed by atoms with Crippen LogP contribution in [-0.2, 0) is 37.5 Å². The molecular formula is C23H25N5O5S. The van der Waals surface area contributed by atoms with Crippen molar-refractivity contribution in [2.24, 2.45) is 5.10 Å². The molecule has 0 saturated heterocycles. The van der Waals surface area contributed by atoms with Gasteiger partial charge in [-0.3, -0.25) is 4.79 Å². The Morgan fingerprint density at radius 2 is 1.85 bits per heavy atom. The number of carbonyl (C=O) groups excluding carboxylic acids is 2. The first-order valence-corrected chi connectivity index (χ1v) is 12.2. The van der Waals surface area contributed by atoms with Gasteiger partial charge >= 0.3 is 5.97 Å². The Morgan fingerprint density at radius 1 is 1.12 bits per heavy atom. The summed E-state index contributed by atoms with van der Waals surface area (Å²) >= 11 is 0. The number of sulfonamides is 1. The lowest BCUT2D eigenvalue weighted by atomic mass is 10.1. The van der Waals surface area contributed by atoms with Gasteiger partial charge < -0.3 is 9.30 Å². The summed E-state index contributed by atoms with van der Waals surface area (Å²) < 4.78 is 33.4. The zero-order valence-corrected chi connectivity index (χ0v) is 19.9. The number of nitrogens with zero attached hydrogens (tertiary/aromatic N) is 5. The van der Waals surface area contributed by atoms with Crippen LogP contribution in [0.1, 0.15) is 25.6 Å². The molecule has 3 aromatic rings. The van der Waals surface area contributed by atoms with E-state index in [1.807, 2.05) is 17.6 Å². The van der Waals surface area contributed by atoms with E-state index in [-0.39, 0.29) is 36.0 Å². The van der Waals surface area contributed by atoms with Gasteiger partial charge in [-0.25, -0.2) is 27.5 Å². The maximum absolute atomic E-state index is 12.7. The minimum absolute atomic E-state index is 0.116. The van der Waals surface area contributed by atoms with Crippen molar-refractivity contribution in [3.05, 3.63) is 54.4 Å². The maximum atomic E-state index is 12.7. The van der Waals surface area contributed by atoms with Gasteiger partial charge in [0.05, 0.1) is 21.6 Å². The molecule has 0 unspecified atom stereocenters. The van der Waals surface area contributed by atoms with Crippen molar-refractivity contribution in [2.75, 3.05) is 19.1 Å². The molecule has 2 heterocycles. The number of aryl methyl sites for hydroxylation is 1.